The highest BCUT2D eigenvalue weighted by atomic mass is 35.5. The van der Waals surface area contributed by atoms with Crippen molar-refractivity contribution in [3.8, 4) is 17.1 Å². The Morgan fingerprint density at radius 3 is 2.58 bits per heavy atom. The molecule has 11 heteroatoms. The Labute approximate surface area is 211 Å². The number of rotatable bonds is 6. The molecule has 0 aliphatic rings. The van der Waals surface area contributed by atoms with Crippen molar-refractivity contribution in [1.82, 2.24) is 34.3 Å². The molecular weight excluding hydrogens is 478 g/mol. The summed E-state index contributed by atoms with van der Waals surface area (Å²) in [6, 6.07) is 12.5. The van der Waals surface area contributed by atoms with Crippen LogP contribution in [0.2, 0.25) is 5.02 Å². The van der Waals surface area contributed by atoms with Crippen LogP contribution in [-0.2, 0) is 7.05 Å². The summed E-state index contributed by atoms with van der Waals surface area (Å²) < 4.78 is 3.17. The Morgan fingerprint density at radius 2 is 1.89 bits per heavy atom. The summed E-state index contributed by atoms with van der Waals surface area (Å²) in [5.74, 6) is 1.58. The van der Waals surface area contributed by atoms with E-state index in [1.54, 1.807) is 40.8 Å². The Morgan fingerprint density at radius 1 is 1.11 bits per heavy atom. The normalized spacial score (nSPS) is 12.1. The minimum Gasteiger partial charge on any atom is -0.383 e. The Kier molecular flexibility index (Phi) is 6.11. The van der Waals surface area contributed by atoms with E-state index in [4.69, 9.17) is 22.3 Å². The number of anilines is 2. The van der Waals surface area contributed by atoms with E-state index in [1.807, 2.05) is 38.1 Å². The predicted octanol–water partition coefficient (Wildman–Crippen LogP) is 4.08. The van der Waals surface area contributed by atoms with Gasteiger partial charge in [0.1, 0.15) is 35.7 Å². The highest BCUT2D eigenvalue weighted by Crippen LogP contribution is 2.32. The molecule has 0 aliphatic carbocycles. The zero-order valence-corrected chi connectivity index (χ0v) is 20.7. The number of hydrogen-bond acceptors (Lipinski definition) is 8. The van der Waals surface area contributed by atoms with E-state index in [1.165, 1.54) is 6.33 Å². The summed E-state index contributed by atoms with van der Waals surface area (Å²) >= 11 is 6.43. The monoisotopic (exact) mass is 501 g/mol. The molecule has 3 aromatic heterocycles. The molecule has 10 nitrogen and oxygen atoms in total. The SMILES string of the molecule is CC[C@H](Nc1ncnc(N)c1-c1ncn(C)n1)c1nc2cccc(Cl)c2c(=O)n1-c1ccc(C)cc1. The van der Waals surface area contributed by atoms with Gasteiger partial charge in [-0.1, -0.05) is 42.3 Å². The molecule has 0 bridgehead atoms. The Balaban J connectivity index is 1.71. The first-order valence-corrected chi connectivity index (χ1v) is 11.8. The number of hydrogen-bond donors (Lipinski definition) is 2. The zero-order valence-electron chi connectivity index (χ0n) is 20.0. The average molecular weight is 502 g/mol. The standard InChI is InChI=1S/C25H24ClN9O/c1-4-17(31-22-20(21(27)28-12-29-22)23-30-13-34(3)33-23)24-32-18-7-5-6-16(26)19(18)25(36)35(24)15-10-8-14(2)9-11-15/h5-13,17H,4H2,1-3H3,(H3,27,28,29,31)/t17-/m0/s1. The summed E-state index contributed by atoms with van der Waals surface area (Å²) in [6.45, 7) is 3.99. The molecule has 0 unspecified atom stereocenters. The largest absolute Gasteiger partial charge is 0.383 e. The van der Waals surface area contributed by atoms with Crippen LogP contribution in [-0.4, -0.2) is 34.3 Å². The van der Waals surface area contributed by atoms with E-state index in [-0.39, 0.29) is 11.4 Å². The minimum atomic E-state index is -0.417. The molecule has 5 aromatic rings. The first-order valence-electron chi connectivity index (χ1n) is 11.4. The first-order chi connectivity index (χ1) is 17.4. The summed E-state index contributed by atoms with van der Waals surface area (Å²) in [6.07, 6.45) is 3.54. The van der Waals surface area contributed by atoms with Gasteiger partial charge < -0.3 is 11.1 Å². The number of fused-ring (bicyclic) bond motifs is 1. The van der Waals surface area contributed by atoms with Crippen molar-refractivity contribution in [2.24, 2.45) is 7.05 Å². The molecule has 1 atom stereocenters. The van der Waals surface area contributed by atoms with E-state index in [0.29, 0.717) is 51.1 Å². The molecule has 5 rings (SSSR count). The number of halogens is 1. The second kappa shape index (κ2) is 9.38. The molecule has 0 amide bonds. The number of aromatic nitrogens is 7. The number of nitrogens with zero attached hydrogens (tertiary/aromatic N) is 7. The quantitative estimate of drug-likeness (QED) is 0.356. The van der Waals surface area contributed by atoms with Crippen LogP contribution in [0.15, 0.2) is 59.9 Å². The number of nitrogen functional groups attached to an aromatic ring is 1. The molecule has 0 saturated heterocycles. The molecular formula is C25H24ClN9O. The van der Waals surface area contributed by atoms with Gasteiger partial charge >= 0.3 is 0 Å². The van der Waals surface area contributed by atoms with Crippen LogP contribution in [0.1, 0.15) is 30.8 Å². The third kappa shape index (κ3) is 4.16. The molecule has 0 radical (unpaired) electrons. The van der Waals surface area contributed by atoms with Gasteiger partial charge in [-0.3, -0.25) is 14.0 Å². The van der Waals surface area contributed by atoms with Crippen molar-refractivity contribution in [3.05, 3.63) is 81.9 Å². The van der Waals surface area contributed by atoms with E-state index >= 15 is 0 Å². The molecule has 0 saturated carbocycles. The number of nitrogens with two attached hydrogens (primary N) is 1. The maximum atomic E-state index is 13.8. The van der Waals surface area contributed by atoms with Crippen molar-refractivity contribution in [3.63, 3.8) is 0 Å². The number of aryl methyl sites for hydroxylation is 2. The van der Waals surface area contributed by atoms with Crippen molar-refractivity contribution in [2.45, 2.75) is 26.3 Å². The van der Waals surface area contributed by atoms with E-state index < -0.39 is 6.04 Å². The van der Waals surface area contributed by atoms with Crippen LogP contribution in [0.5, 0.6) is 0 Å². The fourth-order valence-electron chi connectivity index (χ4n) is 4.08. The van der Waals surface area contributed by atoms with Crippen molar-refractivity contribution >= 4 is 34.1 Å². The minimum absolute atomic E-state index is 0.239. The molecule has 3 heterocycles. The fraction of sp³-hybridized carbons (Fsp3) is 0.200. The second-order valence-corrected chi connectivity index (χ2v) is 8.82. The third-order valence-electron chi connectivity index (χ3n) is 5.90. The highest BCUT2D eigenvalue weighted by molar-refractivity contribution is 6.35. The maximum absolute atomic E-state index is 13.8. The zero-order chi connectivity index (χ0) is 25.4. The molecule has 2 aromatic carbocycles. The lowest BCUT2D eigenvalue weighted by Crippen LogP contribution is -2.28. The van der Waals surface area contributed by atoms with E-state index in [2.05, 4.69) is 25.4 Å². The van der Waals surface area contributed by atoms with Crippen molar-refractivity contribution in [1.29, 1.82) is 0 Å². The van der Waals surface area contributed by atoms with Crippen LogP contribution in [0.4, 0.5) is 11.6 Å². The van der Waals surface area contributed by atoms with Crippen LogP contribution in [0.25, 0.3) is 28.0 Å². The molecule has 3 N–H and O–H groups in total. The Bertz CT molecular complexity index is 1630. The fourth-order valence-corrected chi connectivity index (χ4v) is 4.33. The van der Waals surface area contributed by atoms with Gasteiger partial charge in [-0.05, 0) is 37.6 Å². The topological polar surface area (TPSA) is 129 Å². The third-order valence-corrected chi connectivity index (χ3v) is 6.21. The molecule has 182 valence electrons. The number of benzene rings is 2. The van der Waals surface area contributed by atoms with Gasteiger partial charge in [0.05, 0.1) is 27.7 Å². The first kappa shape index (κ1) is 23.4. The molecule has 0 spiro atoms. The van der Waals surface area contributed by atoms with Gasteiger partial charge in [-0.2, -0.15) is 5.10 Å². The van der Waals surface area contributed by atoms with Gasteiger partial charge in [-0.25, -0.2) is 19.9 Å². The number of nitrogens with one attached hydrogen (secondary N) is 1. The van der Waals surface area contributed by atoms with Gasteiger partial charge in [-0.15, -0.1) is 0 Å². The van der Waals surface area contributed by atoms with Crippen LogP contribution in [0.3, 0.4) is 0 Å². The lowest BCUT2D eigenvalue weighted by molar-refractivity contribution is 0.658. The van der Waals surface area contributed by atoms with Crippen LogP contribution in [0, 0.1) is 6.92 Å². The average Bonchev–Trinajstić information content (AvgIpc) is 3.28. The Hall–Kier alpha value is -4.31. The summed E-state index contributed by atoms with van der Waals surface area (Å²) in [5.41, 5.74) is 8.70. The molecule has 36 heavy (non-hydrogen) atoms. The van der Waals surface area contributed by atoms with Gasteiger partial charge in [0, 0.05) is 7.05 Å². The van der Waals surface area contributed by atoms with Gasteiger partial charge in [0.2, 0.25) is 0 Å². The highest BCUT2D eigenvalue weighted by Gasteiger charge is 2.24. The van der Waals surface area contributed by atoms with Crippen LogP contribution < -0.4 is 16.6 Å². The summed E-state index contributed by atoms with van der Waals surface area (Å²) in [7, 11) is 1.77. The smallest absolute Gasteiger partial charge is 0.267 e. The molecule has 0 aliphatic heterocycles. The van der Waals surface area contributed by atoms with Gasteiger partial charge in [0.25, 0.3) is 5.56 Å². The summed E-state index contributed by atoms with van der Waals surface area (Å²) in [5, 5.41) is 8.50. The van der Waals surface area contributed by atoms with E-state index in [9.17, 15) is 4.79 Å². The van der Waals surface area contributed by atoms with Crippen molar-refractivity contribution < 1.29 is 0 Å². The predicted molar refractivity (Wildman–Crippen MR) is 140 cm³/mol. The lowest BCUT2D eigenvalue weighted by atomic mass is 10.1. The van der Waals surface area contributed by atoms with Gasteiger partial charge in [0.15, 0.2) is 5.82 Å². The van der Waals surface area contributed by atoms with Crippen molar-refractivity contribution in [2.75, 3.05) is 11.1 Å². The molecule has 0 fully saturated rings. The second-order valence-electron chi connectivity index (χ2n) is 8.41. The lowest BCUT2D eigenvalue weighted by Gasteiger charge is -2.23. The summed E-state index contributed by atoms with van der Waals surface area (Å²) in [4.78, 5) is 31.6. The maximum Gasteiger partial charge on any atom is 0.267 e. The van der Waals surface area contributed by atoms with Crippen LogP contribution >= 0.6 is 11.6 Å². The van der Waals surface area contributed by atoms with E-state index in [0.717, 1.165) is 5.56 Å².